The van der Waals surface area contributed by atoms with E-state index in [9.17, 15) is 4.39 Å². The number of nitrogens with zero attached hydrogens (tertiary/aromatic N) is 3. The number of aromatic nitrogens is 2. The van der Waals surface area contributed by atoms with Gasteiger partial charge in [0.15, 0.2) is 11.6 Å². The van der Waals surface area contributed by atoms with Crippen LogP contribution >= 0.6 is 0 Å². The van der Waals surface area contributed by atoms with Gasteiger partial charge < -0.3 is 19.7 Å². The molecule has 0 bridgehead atoms. The van der Waals surface area contributed by atoms with Crippen molar-refractivity contribution < 1.29 is 13.9 Å². The van der Waals surface area contributed by atoms with Crippen LogP contribution in [0.2, 0.25) is 0 Å². The molecule has 0 amide bonds. The third-order valence-corrected chi connectivity index (χ3v) is 4.94. The third-order valence-electron chi connectivity index (χ3n) is 4.94. The smallest absolute Gasteiger partial charge is 0.224 e. The summed E-state index contributed by atoms with van der Waals surface area (Å²) < 4.78 is 25.1. The lowest BCUT2D eigenvalue weighted by Gasteiger charge is -2.26. The number of benzene rings is 1. The van der Waals surface area contributed by atoms with Crippen molar-refractivity contribution in [3.63, 3.8) is 0 Å². The number of fused-ring (bicyclic) bond motifs is 1. The third kappa shape index (κ3) is 3.52. The highest BCUT2D eigenvalue weighted by Crippen LogP contribution is 2.31. The maximum absolute atomic E-state index is 14.0. The summed E-state index contributed by atoms with van der Waals surface area (Å²) in [5.41, 5.74) is 1.17. The highest BCUT2D eigenvalue weighted by molar-refractivity contribution is 5.45. The summed E-state index contributed by atoms with van der Waals surface area (Å²) in [5, 5.41) is 3.24. The largest absolute Gasteiger partial charge is 0.497 e. The fraction of sp³-hybridized carbons (Fsp3) is 0.474. The fourth-order valence-electron chi connectivity index (χ4n) is 3.50. The highest BCUT2D eigenvalue weighted by atomic mass is 19.1. The van der Waals surface area contributed by atoms with E-state index >= 15 is 0 Å². The Morgan fingerprint density at radius 3 is 3.00 bits per heavy atom. The van der Waals surface area contributed by atoms with Crippen LogP contribution in [0.4, 0.5) is 16.2 Å². The molecular weight excluding hydrogens is 335 g/mol. The monoisotopic (exact) mass is 358 g/mol. The average molecular weight is 358 g/mol. The summed E-state index contributed by atoms with van der Waals surface area (Å²) in [6.07, 6.45) is 4.32. The molecule has 0 spiro atoms. The second kappa shape index (κ2) is 7.35. The zero-order valence-corrected chi connectivity index (χ0v) is 14.9. The molecule has 1 aromatic carbocycles. The number of ether oxygens (including phenoxy) is 2. The van der Waals surface area contributed by atoms with Crippen molar-refractivity contribution in [2.24, 2.45) is 5.92 Å². The number of halogens is 1. The molecule has 2 aliphatic heterocycles. The Labute approximate surface area is 152 Å². The van der Waals surface area contributed by atoms with Gasteiger partial charge in [0.25, 0.3) is 0 Å². The number of anilines is 2. The Hall–Kier alpha value is -2.57. The average Bonchev–Trinajstić information content (AvgIpc) is 3.21. The second-order valence-electron chi connectivity index (χ2n) is 6.80. The van der Waals surface area contributed by atoms with Crippen LogP contribution in [0.25, 0.3) is 0 Å². The van der Waals surface area contributed by atoms with Crippen molar-refractivity contribution in [3.05, 3.63) is 35.8 Å². The van der Waals surface area contributed by atoms with Gasteiger partial charge in [-0.15, -0.1) is 0 Å². The molecule has 0 saturated carbocycles. The van der Waals surface area contributed by atoms with Crippen molar-refractivity contribution >= 4 is 11.8 Å². The van der Waals surface area contributed by atoms with E-state index in [1.165, 1.54) is 11.8 Å². The predicted octanol–water partition coefficient (Wildman–Crippen LogP) is 2.89. The lowest BCUT2D eigenvalue weighted by molar-refractivity contribution is 0.228. The number of nitrogens with one attached hydrogen (secondary N) is 1. The summed E-state index contributed by atoms with van der Waals surface area (Å²) in [6, 6.07) is 5.91. The minimum Gasteiger partial charge on any atom is -0.497 e. The van der Waals surface area contributed by atoms with Gasteiger partial charge in [-0.05, 0) is 30.9 Å². The molecule has 1 unspecified atom stereocenters. The van der Waals surface area contributed by atoms with Gasteiger partial charge >= 0.3 is 0 Å². The number of rotatable bonds is 5. The van der Waals surface area contributed by atoms with Crippen LogP contribution in [0.3, 0.4) is 0 Å². The van der Waals surface area contributed by atoms with Gasteiger partial charge in [0.1, 0.15) is 11.5 Å². The molecule has 1 atom stereocenters. The van der Waals surface area contributed by atoms with Gasteiger partial charge in [-0.3, -0.25) is 0 Å². The fourth-order valence-corrected chi connectivity index (χ4v) is 3.50. The van der Waals surface area contributed by atoms with E-state index in [0.717, 1.165) is 43.9 Å². The van der Waals surface area contributed by atoms with Gasteiger partial charge in [0.2, 0.25) is 5.95 Å². The Kier molecular flexibility index (Phi) is 4.77. The van der Waals surface area contributed by atoms with Crippen molar-refractivity contribution in [2.75, 3.05) is 43.6 Å². The van der Waals surface area contributed by atoms with E-state index in [0.29, 0.717) is 30.8 Å². The number of methoxy groups -OCH3 is 1. The molecule has 138 valence electrons. The molecule has 1 N–H and O–H groups in total. The molecule has 7 heteroatoms. The molecule has 2 aliphatic rings. The summed E-state index contributed by atoms with van der Waals surface area (Å²) in [6.45, 7) is 3.00. The topological polar surface area (TPSA) is 59.5 Å². The minimum absolute atomic E-state index is 0.305. The highest BCUT2D eigenvalue weighted by Gasteiger charge is 2.22. The normalized spacial score (nSPS) is 19.0. The summed E-state index contributed by atoms with van der Waals surface area (Å²) in [5.74, 6) is 2.50. The Bertz CT molecular complexity index is 780. The second-order valence-corrected chi connectivity index (χ2v) is 6.80. The van der Waals surface area contributed by atoms with Crippen LogP contribution in [0, 0.1) is 11.7 Å². The molecule has 4 rings (SSSR count). The number of hydrogen-bond donors (Lipinski definition) is 1. The maximum Gasteiger partial charge on any atom is 0.224 e. The van der Waals surface area contributed by atoms with Crippen LogP contribution in [-0.4, -0.2) is 43.3 Å². The van der Waals surface area contributed by atoms with Gasteiger partial charge in [-0.1, -0.05) is 6.07 Å². The zero-order chi connectivity index (χ0) is 17.9. The summed E-state index contributed by atoms with van der Waals surface area (Å²) in [7, 11) is 1.65. The van der Waals surface area contributed by atoms with Gasteiger partial charge in [0.05, 0.1) is 19.9 Å². The standard InChI is InChI=1S/C19H23FN4O2/c1-25-15-5-4-14-8-13(12-26-17(14)9-15)10-21-19-22-11-16(20)18(23-19)24-6-2-3-7-24/h4-5,9,11,13H,2-3,6-8,10,12H2,1H3,(H,21,22,23). The van der Waals surface area contributed by atoms with Crippen molar-refractivity contribution in [1.29, 1.82) is 0 Å². The SMILES string of the molecule is COc1ccc2c(c1)OCC(CNc1ncc(F)c(N3CCCC3)n1)C2. The van der Waals surface area contributed by atoms with Crippen molar-refractivity contribution in [2.45, 2.75) is 19.3 Å². The van der Waals surface area contributed by atoms with E-state index in [4.69, 9.17) is 9.47 Å². The van der Waals surface area contributed by atoms with E-state index in [1.54, 1.807) is 7.11 Å². The van der Waals surface area contributed by atoms with Gasteiger partial charge in [-0.2, -0.15) is 4.98 Å². The molecule has 1 saturated heterocycles. The molecule has 6 nitrogen and oxygen atoms in total. The maximum atomic E-state index is 14.0. The van der Waals surface area contributed by atoms with Crippen LogP contribution < -0.4 is 19.7 Å². The molecular formula is C19H23FN4O2. The van der Waals surface area contributed by atoms with Crippen LogP contribution in [0.1, 0.15) is 18.4 Å². The molecule has 1 aromatic heterocycles. The Morgan fingerprint density at radius 1 is 1.35 bits per heavy atom. The van der Waals surface area contributed by atoms with Crippen molar-refractivity contribution in [3.8, 4) is 11.5 Å². The van der Waals surface area contributed by atoms with Crippen LogP contribution in [-0.2, 0) is 6.42 Å². The first-order valence-corrected chi connectivity index (χ1v) is 9.04. The predicted molar refractivity (Wildman–Crippen MR) is 97.6 cm³/mol. The first kappa shape index (κ1) is 16.9. The van der Waals surface area contributed by atoms with E-state index in [2.05, 4.69) is 15.3 Å². The van der Waals surface area contributed by atoms with Crippen molar-refractivity contribution in [1.82, 2.24) is 9.97 Å². The molecule has 26 heavy (non-hydrogen) atoms. The summed E-state index contributed by atoms with van der Waals surface area (Å²) >= 11 is 0. The molecule has 0 radical (unpaired) electrons. The van der Waals surface area contributed by atoms with E-state index in [-0.39, 0.29) is 5.82 Å². The van der Waals surface area contributed by atoms with Crippen LogP contribution in [0.15, 0.2) is 24.4 Å². The van der Waals surface area contributed by atoms with Crippen LogP contribution in [0.5, 0.6) is 11.5 Å². The lowest BCUT2D eigenvalue weighted by Crippen LogP contribution is -2.28. The first-order chi connectivity index (χ1) is 12.7. The molecule has 0 aliphatic carbocycles. The minimum atomic E-state index is -0.360. The Morgan fingerprint density at radius 2 is 2.19 bits per heavy atom. The van der Waals surface area contributed by atoms with E-state index in [1.807, 2.05) is 23.1 Å². The zero-order valence-electron chi connectivity index (χ0n) is 14.9. The number of hydrogen-bond acceptors (Lipinski definition) is 6. The molecule has 1 fully saturated rings. The van der Waals surface area contributed by atoms with Gasteiger partial charge in [-0.25, -0.2) is 9.37 Å². The molecule has 3 heterocycles. The van der Waals surface area contributed by atoms with E-state index < -0.39 is 0 Å². The Balaban J connectivity index is 1.39. The lowest BCUT2D eigenvalue weighted by atomic mass is 9.96. The summed E-state index contributed by atoms with van der Waals surface area (Å²) in [4.78, 5) is 10.4. The first-order valence-electron chi connectivity index (χ1n) is 9.04. The molecule has 2 aromatic rings. The quantitative estimate of drug-likeness (QED) is 0.887. The van der Waals surface area contributed by atoms with Gasteiger partial charge in [0, 0.05) is 31.6 Å².